The first kappa shape index (κ1) is 14.7. The average Bonchev–Trinajstić information content (AvgIpc) is 2.45. The molecule has 0 aromatic heterocycles. The molecule has 0 aliphatic heterocycles. The molecule has 1 N–H and O–H groups in total. The van der Waals surface area contributed by atoms with Crippen LogP contribution in [-0.2, 0) is 6.54 Å². The number of thioether (sulfide) groups is 1. The van der Waals surface area contributed by atoms with Gasteiger partial charge in [-0.05, 0) is 42.3 Å². The van der Waals surface area contributed by atoms with Gasteiger partial charge in [-0.1, -0.05) is 24.3 Å². The molecule has 0 fully saturated rings. The molecule has 0 aliphatic rings. The fourth-order valence-corrected chi connectivity index (χ4v) is 2.70. The van der Waals surface area contributed by atoms with Crippen molar-refractivity contribution in [3.8, 4) is 0 Å². The second-order valence-corrected chi connectivity index (χ2v) is 5.58. The van der Waals surface area contributed by atoms with Gasteiger partial charge in [0.05, 0.1) is 0 Å². The van der Waals surface area contributed by atoms with E-state index in [1.54, 1.807) is 17.8 Å². The number of para-hydroxylation sites is 1. The van der Waals surface area contributed by atoms with Crippen molar-refractivity contribution in [3.63, 3.8) is 0 Å². The summed E-state index contributed by atoms with van der Waals surface area (Å²) in [7, 11) is 0. The number of aryl methyl sites for hydroxylation is 1. The minimum absolute atomic E-state index is 0.187. The number of hydrogen-bond acceptors (Lipinski definition) is 2. The summed E-state index contributed by atoms with van der Waals surface area (Å²) in [4.78, 5) is 1.20. The zero-order chi connectivity index (χ0) is 14.4. The standard InChI is InChI=1S/C17H18FNS/c1-3-10-20-17-7-5-4-6-16(17)19-12-14-8-9-15(18)11-13(14)2/h3-9,11,19H,1,10,12H2,2H3. The van der Waals surface area contributed by atoms with Crippen LogP contribution < -0.4 is 5.32 Å². The van der Waals surface area contributed by atoms with Gasteiger partial charge in [-0.25, -0.2) is 4.39 Å². The summed E-state index contributed by atoms with van der Waals surface area (Å²) in [6.45, 7) is 6.36. The molecule has 3 heteroatoms. The first-order valence-corrected chi connectivity index (χ1v) is 7.51. The van der Waals surface area contributed by atoms with Gasteiger partial charge in [0.1, 0.15) is 5.82 Å². The SMILES string of the molecule is C=CCSc1ccccc1NCc1ccc(F)cc1C. The van der Waals surface area contributed by atoms with Crippen LogP contribution in [0.25, 0.3) is 0 Å². The lowest BCUT2D eigenvalue weighted by atomic mass is 10.1. The molecule has 0 heterocycles. The van der Waals surface area contributed by atoms with Crippen molar-refractivity contribution in [2.45, 2.75) is 18.4 Å². The smallest absolute Gasteiger partial charge is 0.123 e. The van der Waals surface area contributed by atoms with E-state index in [2.05, 4.69) is 24.0 Å². The molecule has 0 amide bonds. The zero-order valence-corrected chi connectivity index (χ0v) is 12.3. The van der Waals surface area contributed by atoms with Gasteiger partial charge in [0.25, 0.3) is 0 Å². The summed E-state index contributed by atoms with van der Waals surface area (Å²) in [5.74, 6) is 0.696. The lowest BCUT2D eigenvalue weighted by molar-refractivity contribution is 0.625. The van der Waals surface area contributed by atoms with Gasteiger partial charge in [-0.3, -0.25) is 0 Å². The molecule has 0 atom stereocenters. The number of halogens is 1. The molecule has 20 heavy (non-hydrogen) atoms. The Bertz CT molecular complexity index is 595. The number of anilines is 1. The lowest BCUT2D eigenvalue weighted by Gasteiger charge is -2.12. The summed E-state index contributed by atoms with van der Waals surface area (Å²) in [5.41, 5.74) is 3.17. The Morgan fingerprint density at radius 2 is 2.05 bits per heavy atom. The molecular weight excluding hydrogens is 269 g/mol. The van der Waals surface area contributed by atoms with E-state index in [1.807, 2.05) is 31.2 Å². The number of benzene rings is 2. The second kappa shape index (κ2) is 7.15. The van der Waals surface area contributed by atoms with Crippen molar-refractivity contribution in [1.82, 2.24) is 0 Å². The van der Waals surface area contributed by atoms with E-state index in [-0.39, 0.29) is 5.82 Å². The molecule has 0 spiro atoms. The highest BCUT2D eigenvalue weighted by atomic mass is 32.2. The molecule has 2 aromatic carbocycles. The fraction of sp³-hybridized carbons (Fsp3) is 0.176. The normalized spacial score (nSPS) is 10.3. The first-order valence-electron chi connectivity index (χ1n) is 6.52. The second-order valence-electron chi connectivity index (χ2n) is 4.52. The molecule has 0 saturated heterocycles. The van der Waals surface area contributed by atoms with E-state index in [1.165, 1.54) is 11.0 Å². The van der Waals surface area contributed by atoms with Gasteiger partial charge in [0.15, 0.2) is 0 Å². The van der Waals surface area contributed by atoms with Gasteiger partial charge in [0.2, 0.25) is 0 Å². The fourth-order valence-electron chi connectivity index (χ4n) is 1.94. The predicted octanol–water partition coefficient (Wildman–Crippen LogP) is 5.02. The van der Waals surface area contributed by atoms with Gasteiger partial charge >= 0.3 is 0 Å². The van der Waals surface area contributed by atoms with Gasteiger partial charge in [-0.2, -0.15) is 0 Å². The summed E-state index contributed by atoms with van der Waals surface area (Å²) >= 11 is 1.75. The van der Waals surface area contributed by atoms with Gasteiger partial charge in [-0.15, -0.1) is 18.3 Å². The molecule has 0 saturated carbocycles. The third-order valence-corrected chi connectivity index (χ3v) is 4.09. The van der Waals surface area contributed by atoms with Crippen molar-refractivity contribution in [3.05, 3.63) is 72.1 Å². The Morgan fingerprint density at radius 3 is 2.80 bits per heavy atom. The van der Waals surface area contributed by atoms with E-state index >= 15 is 0 Å². The van der Waals surface area contributed by atoms with E-state index in [9.17, 15) is 4.39 Å². The third kappa shape index (κ3) is 3.87. The maximum Gasteiger partial charge on any atom is 0.123 e. The predicted molar refractivity (Wildman–Crippen MR) is 85.8 cm³/mol. The van der Waals surface area contributed by atoms with Crippen LogP contribution in [0.4, 0.5) is 10.1 Å². The highest BCUT2D eigenvalue weighted by molar-refractivity contribution is 7.99. The van der Waals surface area contributed by atoms with Crippen LogP contribution in [-0.4, -0.2) is 5.75 Å². The van der Waals surface area contributed by atoms with Crippen molar-refractivity contribution >= 4 is 17.4 Å². The lowest BCUT2D eigenvalue weighted by Crippen LogP contribution is -2.02. The topological polar surface area (TPSA) is 12.0 Å². The maximum atomic E-state index is 13.1. The monoisotopic (exact) mass is 287 g/mol. The van der Waals surface area contributed by atoms with E-state index < -0.39 is 0 Å². The first-order chi connectivity index (χ1) is 9.70. The summed E-state index contributed by atoms with van der Waals surface area (Å²) < 4.78 is 13.1. The van der Waals surface area contributed by atoms with Crippen LogP contribution in [0.2, 0.25) is 0 Å². The molecule has 0 bridgehead atoms. The van der Waals surface area contributed by atoms with Crippen LogP contribution in [0.5, 0.6) is 0 Å². The van der Waals surface area contributed by atoms with E-state index in [4.69, 9.17) is 0 Å². The van der Waals surface area contributed by atoms with Crippen LogP contribution in [0, 0.1) is 12.7 Å². The van der Waals surface area contributed by atoms with Crippen LogP contribution >= 0.6 is 11.8 Å². The van der Waals surface area contributed by atoms with Crippen LogP contribution in [0.1, 0.15) is 11.1 Å². The molecule has 2 rings (SSSR count). The Labute approximate surface area is 123 Å². The number of hydrogen-bond donors (Lipinski definition) is 1. The van der Waals surface area contributed by atoms with Gasteiger partial charge < -0.3 is 5.32 Å². The Balaban J connectivity index is 2.08. The minimum Gasteiger partial charge on any atom is -0.380 e. The van der Waals surface area contributed by atoms with Crippen molar-refractivity contribution in [2.75, 3.05) is 11.1 Å². The number of nitrogens with one attached hydrogen (secondary N) is 1. The zero-order valence-electron chi connectivity index (χ0n) is 11.5. The maximum absolute atomic E-state index is 13.1. The Hall–Kier alpha value is -1.74. The molecule has 2 aromatic rings. The third-order valence-electron chi connectivity index (χ3n) is 3.02. The summed E-state index contributed by atoms with van der Waals surface area (Å²) in [5, 5.41) is 3.42. The molecule has 1 nitrogen and oxygen atoms in total. The van der Waals surface area contributed by atoms with E-state index in [0.717, 1.165) is 22.6 Å². The molecular formula is C17H18FNS. The molecule has 0 radical (unpaired) electrons. The Morgan fingerprint density at radius 1 is 1.25 bits per heavy atom. The molecule has 104 valence electrons. The summed E-state index contributed by atoms with van der Waals surface area (Å²) in [6.07, 6.45) is 1.89. The van der Waals surface area contributed by atoms with Crippen molar-refractivity contribution in [2.24, 2.45) is 0 Å². The average molecular weight is 287 g/mol. The Kier molecular flexibility index (Phi) is 5.24. The van der Waals surface area contributed by atoms with Gasteiger partial charge in [0, 0.05) is 22.9 Å². The number of rotatable bonds is 6. The van der Waals surface area contributed by atoms with E-state index in [0.29, 0.717) is 6.54 Å². The largest absolute Gasteiger partial charge is 0.380 e. The van der Waals surface area contributed by atoms with Crippen molar-refractivity contribution < 1.29 is 4.39 Å². The minimum atomic E-state index is -0.187. The van der Waals surface area contributed by atoms with Crippen LogP contribution in [0.15, 0.2) is 60.0 Å². The summed E-state index contributed by atoms with van der Waals surface area (Å²) in [6, 6.07) is 13.1. The highest BCUT2D eigenvalue weighted by Gasteiger charge is 2.03. The quantitative estimate of drug-likeness (QED) is 0.591. The molecule has 0 unspecified atom stereocenters. The van der Waals surface area contributed by atoms with Crippen molar-refractivity contribution in [1.29, 1.82) is 0 Å². The molecule has 0 aliphatic carbocycles. The highest BCUT2D eigenvalue weighted by Crippen LogP contribution is 2.27. The van der Waals surface area contributed by atoms with Crippen LogP contribution in [0.3, 0.4) is 0 Å².